The summed E-state index contributed by atoms with van der Waals surface area (Å²) in [5.74, 6) is 1.37. The minimum absolute atomic E-state index is 0.0685. The van der Waals surface area contributed by atoms with Crippen LogP contribution >= 0.6 is 11.6 Å². The fourth-order valence-corrected chi connectivity index (χ4v) is 3.95. The van der Waals surface area contributed by atoms with E-state index >= 15 is 0 Å². The van der Waals surface area contributed by atoms with E-state index in [2.05, 4.69) is 17.2 Å². The normalized spacial score (nSPS) is 14.1. The maximum Gasteiger partial charge on any atom is 0.253 e. The lowest BCUT2D eigenvalue weighted by atomic mass is 9.95. The van der Waals surface area contributed by atoms with E-state index in [1.165, 1.54) is 19.0 Å². The highest BCUT2D eigenvalue weighted by atomic mass is 35.5. The minimum atomic E-state index is -0.162. The molecule has 0 aliphatic carbocycles. The van der Waals surface area contributed by atoms with E-state index in [0.717, 1.165) is 12.8 Å². The predicted octanol–water partition coefficient (Wildman–Crippen LogP) is 5.19. The first kappa shape index (κ1) is 24.8. The van der Waals surface area contributed by atoms with Gasteiger partial charge in [-0.3, -0.25) is 9.59 Å². The maximum atomic E-state index is 13.0. The van der Waals surface area contributed by atoms with Gasteiger partial charge in [-0.2, -0.15) is 0 Å². The van der Waals surface area contributed by atoms with Gasteiger partial charge in [0.15, 0.2) is 11.5 Å². The molecule has 3 rings (SSSR count). The molecule has 0 saturated carbocycles. The highest BCUT2D eigenvalue weighted by Gasteiger charge is 2.28. The van der Waals surface area contributed by atoms with Crippen LogP contribution in [0.2, 0.25) is 5.02 Å². The van der Waals surface area contributed by atoms with Crippen molar-refractivity contribution >= 4 is 29.2 Å². The number of carbonyl (C=O) groups is 2. The van der Waals surface area contributed by atoms with E-state index in [9.17, 15) is 9.59 Å². The number of benzene rings is 1. The number of carbonyl (C=O) groups excluding carboxylic acids is 2. The van der Waals surface area contributed by atoms with Crippen LogP contribution in [0.15, 0.2) is 36.5 Å². The number of nitrogens with zero attached hydrogens (tertiary/aromatic N) is 2. The van der Waals surface area contributed by atoms with Crippen molar-refractivity contribution in [1.82, 2.24) is 9.88 Å². The first-order chi connectivity index (χ1) is 16.0. The summed E-state index contributed by atoms with van der Waals surface area (Å²) in [4.78, 5) is 31.4. The highest BCUT2D eigenvalue weighted by Crippen LogP contribution is 2.30. The molecule has 1 saturated heterocycles. The zero-order valence-corrected chi connectivity index (χ0v) is 20.1. The largest absolute Gasteiger partial charge is 0.493 e. The summed E-state index contributed by atoms with van der Waals surface area (Å²) in [7, 11) is 1.58. The van der Waals surface area contributed by atoms with Gasteiger partial charge in [-0.15, -0.1) is 0 Å². The highest BCUT2D eigenvalue weighted by molar-refractivity contribution is 6.30. The lowest BCUT2D eigenvalue weighted by molar-refractivity contribution is -0.121. The molecule has 2 heterocycles. The molecule has 0 unspecified atom stereocenters. The van der Waals surface area contributed by atoms with Crippen LogP contribution in [0.3, 0.4) is 0 Å². The maximum absolute atomic E-state index is 13.0. The summed E-state index contributed by atoms with van der Waals surface area (Å²) in [5, 5.41) is 3.34. The van der Waals surface area contributed by atoms with E-state index in [1.54, 1.807) is 42.3 Å². The van der Waals surface area contributed by atoms with Crippen molar-refractivity contribution in [2.45, 2.75) is 45.4 Å². The Hall–Kier alpha value is -2.80. The lowest BCUT2D eigenvalue weighted by Crippen LogP contribution is -2.41. The van der Waals surface area contributed by atoms with E-state index in [0.29, 0.717) is 60.4 Å². The monoisotopic (exact) mass is 473 g/mol. The molecule has 2 amide bonds. The summed E-state index contributed by atoms with van der Waals surface area (Å²) < 4.78 is 11.3. The smallest absolute Gasteiger partial charge is 0.253 e. The Morgan fingerprint density at radius 1 is 1.12 bits per heavy atom. The fraction of sp³-hybridized carbons (Fsp3) is 0.480. The van der Waals surface area contributed by atoms with E-state index in [4.69, 9.17) is 21.1 Å². The van der Waals surface area contributed by atoms with Crippen LogP contribution in [-0.2, 0) is 4.79 Å². The Balaban J connectivity index is 1.52. The van der Waals surface area contributed by atoms with Crippen LogP contribution in [0.25, 0.3) is 0 Å². The molecular weight excluding hydrogens is 442 g/mol. The van der Waals surface area contributed by atoms with Crippen molar-refractivity contribution in [2.24, 2.45) is 5.92 Å². The summed E-state index contributed by atoms with van der Waals surface area (Å²) in [6, 6.07) is 8.66. The van der Waals surface area contributed by atoms with Gasteiger partial charge in [0, 0.05) is 30.8 Å². The summed E-state index contributed by atoms with van der Waals surface area (Å²) in [6.45, 7) is 3.84. The Morgan fingerprint density at radius 2 is 1.91 bits per heavy atom. The number of piperidine rings is 1. The summed E-state index contributed by atoms with van der Waals surface area (Å²) in [6.07, 6.45) is 7.21. The molecule has 1 aromatic carbocycles. The number of pyridine rings is 1. The second kappa shape index (κ2) is 12.4. The van der Waals surface area contributed by atoms with Crippen molar-refractivity contribution in [1.29, 1.82) is 0 Å². The third-order valence-electron chi connectivity index (χ3n) is 5.80. The number of halogens is 1. The zero-order valence-electron chi connectivity index (χ0n) is 19.3. The molecule has 178 valence electrons. The lowest BCUT2D eigenvalue weighted by Gasteiger charge is -2.31. The second-order valence-corrected chi connectivity index (χ2v) is 8.63. The van der Waals surface area contributed by atoms with Gasteiger partial charge in [0.25, 0.3) is 5.91 Å². The Labute approximate surface area is 200 Å². The minimum Gasteiger partial charge on any atom is -0.493 e. The first-order valence-electron chi connectivity index (χ1n) is 11.5. The van der Waals surface area contributed by atoms with Crippen molar-refractivity contribution < 1.29 is 19.1 Å². The predicted molar refractivity (Wildman–Crippen MR) is 129 cm³/mol. The molecule has 1 fully saturated rings. The molecule has 0 atom stereocenters. The number of hydrogen-bond donors (Lipinski definition) is 1. The van der Waals surface area contributed by atoms with Gasteiger partial charge in [-0.25, -0.2) is 4.98 Å². The van der Waals surface area contributed by atoms with Crippen LogP contribution in [-0.4, -0.2) is 48.5 Å². The van der Waals surface area contributed by atoms with Crippen LogP contribution in [0.4, 0.5) is 5.82 Å². The number of rotatable bonds is 10. The number of hydrogen-bond acceptors (Lipinski definition) is 5. The number of unbranched alkanes of at least 4 members (excludes halogenated alkanes) is 3. The van der Waals surface area contributed by atoms with Crippen molar-refractivity contribution in [2.75, 3.05) is 32.1 Å². The number of likely N-dealkylation sites (tertiary alicyclic amines) is 1. The zero-order chi connectivity index (χ0) is 23.6. The molecular formula is C25H32ClN3O4. The summed E-state index contributed by atoms with van der Waals surface area (Å²) >= 11 is 5.83. The second-order valence-electron chi connectivity index (χ2n) is 8.19. The molecule has 8 heteroatoms. The van der Waals surface area contributed by atoms with E-state index in [1.807, 2.05) is 0 Å². The molecule has 0 radical (unpaired) electrons. The molecule has 7 nitrogen and oxygen atoms in total. The fourth-order valence-electron chi connectivity index (χ4n) is 3.84. The van der Waals surface area contributed by atoms with Crippen LogP contribution in [0.1, 0.15) is 55.8 Å². The van der Waals surface area contributed by atoms with E-state index < -0.39 is 0 Å². The van der Waals surface area contributed by atoms with Crippen LogP contribution in [0.5, 0.6) is 11.5 Å². The van der Waals surface area contributed by atoms with Gasteiger partial charge < -0.3 is 19.7 Å². The molecule has 2 aromatic rings. The quantitative estimate of drug-likeness (QED) is 0.480. The molecule has 0 spiro atoms. The van der Waals surface area contributed by atoms with Gasteiger partial charge in [-0.05, 0) is 49.6 Å². The van der Waals surface area contributed by atoms with Gasteiger partial charge in [0.1, 0.15) is 5.82 Å². The molecule has 0 bridgehead atoms. The Morgan fingerprint density at radius 3 is 2.58 bits per heavy atom. The Bertz CT molecular complexity index is 928. The molecule has 1 aliphatic rings. The average Bonchev–Trinajstić information content (AvgIpc) is 2.85. The number of nitrogens with one attached hydrogen (secondary N) is 1. The van der Waals surface area contributed by atoms with Crippen molar-refractivity contribution in [3.63, 3.8) is 0 Å². The number of anilines is 1. The Kier molecular flexibility index (Phi) is 9.36. The SMILES string of the molecule is CCCCCCOc1ccc(C(=O)N2CCC(C(=O)Nc3ccc(Cl)cn3)CC2)cc1OC. The van der Waals surface area contributed by atoms with Gasteiger partial charge in [-0.1, -0.05) is 37.8 Å². The van der Waals surface area contributed by atoms with E-state index in [-0.39, 0.29) is 17.7 Å². The third-order valence-corrected chi connectivity index (χ3v) is 6.02. The van der Waals surface area contributed by atoms with Gasteiger partial charge >= 0.3 is 0 Å². The average molecular weight is 474 g/mol. The topological polar surface area (TPSA) is 80.8 Å². The molecule has 1 aliphatic heterocycles. The number of amides is 2. The van der Waals surface area contributed by atoms with Crippen LogP contribution < -0.4 is 14.8 Å². The summed E-state index contributed by atoms with van der Waals surface area (Å²) in [5.41, 5.74) is 0.554. The van der Waals surface area contributed by atoms with Crippen molar-refractivity contribution in [3.05, 3.63) is 47.1 Å². The molecule has 33 heavy (non-hydrogen) atoms. The number of methoxy groups -OCH3 is 1. The van der Waals surface area contributed by atoms with Crippen molar-refractivity contribution in [3.8, 4) is 11.5 Å². The standard InChI is InChI=1S/C25H32ClN3O4/c1-3-4-5-6-15-33-21-9-7-19(16-22(21)32-2)25(31)29-13-11-18(12-14-29)24(30)28-23-10-8-20(26)17-27-23/h7-10,16-18H,3-6,11-15H2,1-2H3,(H,27,28,30). The molecule has 1 N–H and O–H groups in total. The third kappa shape index (κ3) is 7.09. The van der Waals surface area contributed by atoms with Gasteiger partial charge in [0.05, 0.1) is 18.7 Å². The van der Waals surface area contributed by atoms with Gasteiger partial charge in [0.2, 0.25) is 5.91 Å². The number of aromatic nitrogens is 1. The number of ether oxygens (including phenoxy) is 2. The van der Waals surface area contributed by atoms with Crippen LogP contribution in [0, 0.1) is 5.92 Å². The molecule has 1 aromatic heterocycles. The first-order valence-corrected chi connectivity index (χ1v) is 11.9.